The van der Waals surface area contributed by atoms with E-state index in [1.807, 2.05) is 17.1 Å². The molecule has 17 heavy (non-hydrogen) atoms. The number of aromatic nitrogens is 4. The zero-order chi connectivity index (χ0) is 12.3. The maximum Gasteiger partial charge on any atom is 0.130 e. The molecule has 0 amide bonds. The fourth-order valence-electron chi connectivity index (χ4n) is 1.86. The van der Waals surface area contributed by atoms with Gasteiger partial charge in [0, 0.05) is 23.9 Å². The molecule has 0 unspecified atom stereocenters. The third kappa shape index (κ3) is 2.27. The fraction of sp³-hybridized carbons (Fsp3) is 0.417. The van der Waals surface area contributed by atoms with Gasteiger partial charge < -0.3 is 5.73 Å². The topological polar surface area (TPSA) is 69.6 Å². The van der Waals surface area contributed by atoms with Crippen LogP contribution in [0.4, 0.5) is 5.82 Å². The summed E-state index contributed by atoms with van der Waals surface area (Å²) in [5, 5.41) is 4.30. The van der Waals surface area contributed by atoms with Crippen LogP contribution in [0.3, 0.4) is 0 Å². The molecule has 2 heterocycles. The number of hydrogen-bond acceptors (Lipinski definition) is 4. The molecule has 0 aliphatic rings. The first-order valence-corrected chi connectivity index (χ1v) is 5.88. The lowest BCUT2D eigenvalue weighted by Gasteiger charge is -2.06. The van der Waals surface area contributed by atoms with E-state index in [2.05, 4.69) is 28.9 Å². The van der Waals surface area contributed by atoms with Crippen molar-refractivity contribution < 1.29 is 0 Å². The molecule has 5 nitrogen and oxygen atoms in total. The molecule has 2 N–H and O–H groups in total. The van der Waals surface area contributed by atoms with Crippen molar-refractivity contribution in [2.75, 3.05) is 5.73 Å². The van der Waals surface area contributed by atoms with Crippen LogP contribution in [0.2, 0.25) is 0 Å². The van der Waals surface area contributed by atoms with Gasteiger partial charge in [-0.2, -0.15) is 5.10 Å². The summed E-state index contributed by atoms with van der Waals surface area (Å²) >= 11 is 0. The van der Waals surface area contributed by atoms with Crippen LogP contribution < -0.4 is 5.73 Å². The second kappa shape index (κ2) is 4.95. The molecule has 5 heteroatoms. The van der Waals surface area contributed by atoms with Crippen molar-refractivity contribution in [2.45, 2.75) is 33.2 Å². The molecule has 0 radical (unpaired) electrons. The van der Waals surface area contributed by atoms with E-state index < -0.39 is 0 Å². The van der Waals surface area contributed by atoms with Gasteiger partial charge in [0.25, 0.3) is 0 Å². The van der Waals surface area contributed by atoms with E-state index in [4.69, 9.17) is 5.73 Å². The summed E-state index contributed by atoms with van der Waals surface area (Å²) in [7, 11) is 0. The molecule has 0 bridgehead atoms. The summed E-state index contributed by atoms with van der Waals surface area (Å²) in [6.07, 6.45) is 7.22. The largest absolute Gasteiger partial charge is 0.383 e. The van der Waals surface area contributed by atoms with Gasteiger partial charge in [-0.15, -0.1) is 0 Å². The lowest BCUT2D eigenvalue weighted by Crippen LogP contribution is -2.01. The Labute approximate surface area is 101 Å². The van der Waals surface area contributed by atoms with Crippen molar-refractivity contribution in [3.8, 4) is 11.3 Å². The van der Waals surface area contributed by atoms with E-state index in [-0.39, 0.29) is 0 Å². The SMILES string of the molecule is CCCn1cc(-c2ncnc(N)c2CC)cn1. The van der Waals surface area contributed by atoms with Gasteiger partial charge >= 0.3 is 0 Å². The number of hydrogen-bond donors (Lipinski definition) is 1. The maximum absolute atomic E-state index is 5.86. The fourth-order valence-corrected chi connectivity index (χ4v) is 1.86. The van der Waals surface area contributed by atoms with Gasteiger partial charge in [-0.25, -0.2) is 9.97 Å². The summed E-state index contributed by atoms with van der Waals surface area (Å²) in [6, 6.07) is 0. The van der Waals surface area contributed by atoms with Crippen LogP contribution in [-0.4, -0.2) is 19.7 Å². The van der Waals surface area contributed by atoms with Gasteiger partial charge in [0.15, 0.2) is 0 Å². The van der Waals surface area contributed by atoms with E-state index in [1.54, 1.807) is 0 Å². The summed E-state index contributed by atoms with van der Waals surface area (Å²) in [5.41, 5.74) is 8.74. The smallest absolute Gasteiger partial charge is 0.130 e. The van der Waals surface area contributed by atoms with Gasteiger partial charge in [-0.05, 0) is 12.8 Å². The van der Waals surface area contributed by atoms with Crippen LogP contribution in [0.15, 0.2) is 18.7 Å². The van der Waals surface area contributed by atoms with Gasteiger partial charge in [0.05, 0.1) is 11.9 Å². The Morgan fingerprint density at radius 3 is 2.82 bits per heavy atom. The van der Waals surface area contributed by atoms with Crippen molar-refractivity contribution in [3.05, 3.63) is 24.3 Å². The van der Waals surface area contributed by atoms with Gasteiger partial charge in [0.2, 0.25) is 0 Å². The number of nitrogen functional groups attached to an aromatic ring is 1. The molecule has 0 spiro atoms. The number of nitrogens with two attached hydrogens (primary N) is 1. The number of aryl methyl sites for hydroxylation is 1. The molecular formula is C12H17N5. The second-order valence-corrected chi connectivity index (χ2v) is 3.93. The zero-order valence-electron chi connectivity index (χ0n) is 10.2. The van der Waals surface area contributed by atoms with E-state index in [1.165, 1.54) is 6.33 Å². The summed E-state index contributed by atoms with van der Waals surface area (Å²) in [6.45, 7) is 5.10. The lowest BCUT2D eigenvalue weighted by molar-refractivity contribution is 0.603. The number of rotatable bonds is 4. The quantitative estimate of drug-likeness (QED) is 0.872. The minimum Gasteiger partial charge on any atom is -0.383 e. The summed E-state index contributed by atoms with van der Waals surface area (Å²) in [5.74, 6) is 0.556. The molecule has 2 aromatic rings. The monoisotopic (exact) mass is 231 g/mol. The van der Waals surface area contributed by atoms with E-state index in [0.717, 1.165) is 36.2 Å². The minimum absolute atomic E-state index is 0.556. The molecule has 0 aromatic carbocycles. The highest BCUT2D eigenvalue weighted by Crippen LogP contribution is 2.23. The highest BCUT2D eigenvalue weighted by atomic mass is 15.3. The predicted molar refractivity (Wildman–Crippen MR) is 67.3 cm³/mol. The van der Waals surface area contributed by atoms with Crippen LogP contribution in [0, 0.1) is 0 Å². The molecule has 0 saturated carbocycles. The molecule has 0 saturated heterocycles. The van der Waals surface area contributed by atoms with Crippen molar-refractivity contribution in [2.24, 2.45) is 0 Å². The van der Waals surface area contributed by atoms with Gasteiger partial charge in [-0.3, -0.25) is 4.68 Å². The third-order valence-electron chi connectivity index (χ3n) is 2.69. The molecule has 2 aromatic heterocycles. The normalized spacial score (nSPS) is 10.7. The van der Waals surface area contributed by atoms with E-state index in [0.29, 0.717) is 5.82 Å². The first kappa shape index (κ1) is 11.6. The van der Waals surface area contributed by atoms with Crippen LogP contribution in [0.5, 0.6) is 0 Å². The third-order valence-corrected chi connectivity index (χ3v) is 2.69. The highest BCUT2D eigenvalue weighted by Gasteiger charge is 2.11. The van der Waals surface area contributed by atoms with Gasteiger partial charge in [-0.1, -0.05) is 13.8 Å². The van der Waals surface area contributed by atoms with E-state index >= 15 is 0 Å². The Kier molecular flexibility index (Phi) is 3.37. The van der Waals surface area contributed by atoms with Crippen molar-refractivity contribution >= 4 is 5.82 Å². The van der Waals surface area contributed by atoms with Crippen LogP contribution in [0.1, 0.15) is 25.8 Å². The Morgan fingerprint density at radius 1 is 1.29 bits per heavy atom. The Morgan fingerprint density at radius 2 is 2.12 bits per heavy atom. The highest BCUT2D eigenvalue weighted by molar-refractivity contribution is 5.66. The number of nitrogens with zero attached hydrogens (tertiary/aromatic N) is 4. The van der Waals surface area contributed by atoms with Crippen LogP contribution in [0.25, 0.3) is 11.3 Å². The Balaban J connectivity index is 2.41. The minimum atomic E-state index is 0.556. The standard InChI is InChI=1S/C12H17N5/c1-3-5-17-7-9(6-16-17)11-10(4-2)12(13)15-8-14-11/h6-8H,3-5H2,1-2H3,(H2,13,14,15). The van der Waals surface area contributed by atoms with Crippen molar-refractivity contribution in [1.82, 2.24) is 19.7 Å². The van der Waals surface area contributed by atoms with Crippen molar-refractivity contribution in [3.63, 3.8) is 0 Å². The second-order valence-electron chi connectivity index (χ2n) is 3.93. The molecule has 0 aliphatic carbocycles. The Hall–Kier alpha value is -1.91. The first-order chi connectivity index (χ1) is 8.26. The van der Waals surface area contributed by atoms with E-state index in [9.17, 15) is 0 Å². The average Bonchev–Trinajstić information content (AvgIpc) is 2.78. The molecule has 0 aliphatic heterocycles. The molecule has 0 atom stereocenters. The van der Waals surface area contributed by atoms with Crippen LogP contribution >= 0.6 is 0 Å². The number of anilines is 1. The molecule has 2 rings (SSSR count). The summed E-state index contributed by atoms with van der Waals surface area (Å²) < 4.78 is 1.92. The van der Waals surface area contributed by atoms with Crippen molar-refractivity contribution in [1.29, 1.82) is 0 Å². The zero-order valence-corrected chi connectivity index (χ0v) is 10.2. The Bertz CT molecular complexity index is 503. The summed E-state index contributed by atoms with van der Waals surface area (Å²) in [4.78, 5) is 8.33. The predicted octanol–water partition coefficient (Wildman–Crippen LogP) is 1.89. The molecular weight excluding hydrogens is 214 g/mol. The lowest BCUT2D eigenvalue weighted by atomic mass is 10.1. The first-order valence-electron chi connectivity index (χ1n) is 5.88. The van der Waals surface area contributed by atoms with Crippen LogP contribution in [-0.2, 0) is 13.0 Å². The molecule has 90 valence electrons. The maximum atomic E-state index is 5.86. The van der Waals surface area contributed by atoms with Gasteiger partial charge in [0.1, 0.15) is 12.1 Å². The average molecular weight is 231 g/mol. The molecule has 0 fully saturated rings.